The van der Waals surface area contributed by atoms with Crippen LogP contribution in [0, 0.1) is 0 Å². The van der Waals surface area contributed by atoms with E-state index in [2.05, 4.69) is 30.8 Å². The van der Waals surface area contributed by atoms with Crippen molar-refractivity contribution in [3.63, 3.8) is 0 Å². The van der Waals surface area contributed by atoms with E-state index >= 15 is 0 Å². The quantitative estimate of drug-likeness (QED) is 0.304. The van der Waals surface area contributed by atoms with Gasteiger partial charge in [-0.05, 0) is 37.9 Å². The SMILES string of the molecule is C=C(C)C(=O)OCCC[SiH](Cc1ccccc1)OCC. The maximum absolute atomic E-state index is 11.3. The second-order valence-corrected chi connectivity index (χ2v) is 7.39. The Hall–Kier alpha value is -1.39. The highest BCUT2D eigenvalue weighted by atomic mass is 28.3. The molecule has 0 radical (unpaired) electrons. The highest BCUT2D eigenvalue weighted by molar-refractivity contribution is 6.51. The Morgan fingerprint density at radius 2 is 2.00 bits per heavy atom. The van der Waals surface area contributed by atoms with Crippen LogP contribution in [-0.2, 0) is 20.0 Å². The van der Waals surface area contributed by atoms with Gasteiger partial charge >= 0.3 is 5.97 Å². The first-order valence-corrected chi connectivity index (χ1v) is 9.22. The Kier molecular flexibility index (Phi) is 7.91. The van der Waals surface area contributed by atoms with Crippen LogP contribution in [0.25, 0.3) is 0 Å². The molecule has 0 saturated heterocycles. The van der Waals surface area contributed by atoms with E-state index < -0.39 is 9.04 Å². The minimum Gasteiger partial charge on any atom is -0.462 e. The van der Waals surface area contributed by atoms with Crippen molar-refractivity contribution < 1.29 is 14.0 Å². The summed E-state index contributed by atoms with van der Waals surface area (Å²) in [6, 6.07) is 12.5. The molecule has 0 aromatic heterocycles. The smallest absolute Gasteiger partial charge is 0.333 e. The van der Waals surface area contributed by atoms with Crippen LogP contribution in [0.3, 0.4) is 0 Å². The topological polar surface area (TPSA) is 35.5 Å². The van der Waals surface area contributed by atoms with Gasteiger partial charge in [0.25, 0.3) is 0 Å². The van der Waals surface area contributed by atoms with Crippen molar-refractivity contribution >= 4 is 15.0 Å². The molecule has 1 atom stereocenters. The van der Waals surface area contributed by atoms with Crippen molar-refractivity contribution in [3.8, 4) is 0 Å². The molecule has 0 heterocycles. The second kappa shape index (κ2) is 9.50. The molecule has 0 aliphatic heterocycles. The fraction of sp³-hybridized carbons (Fsp3) is 0.438. The molecule has 0 N–H and O–H groups in total. The third kappa shape index (κ3) is 6.68. The molecule has 0 aliphatic rings. The summed E-state index contributed by atoms with van der Waals surface area (Å²) in [7, 11) is -1.26. The van der Waals surface area contributed by atoms with Gasteiger partial charge in [-0.25, -0.2) is 4.79 Å². The van der Waals surface area contributed by atoms with Crippen LogP contribution in [-0.4, -0.2) is 28.2 Å². The van der Waals surface area contributed by atoms with Gasteiger partial charge in [0.2, 0.25) is 0 Å². The molecule has 1 rings (SSSR count). The average Bonchev–Trinajstić information content (AvgIpc) is 2.44. The van der Waals surface area contributed by atoms with Gasteiger partial charge < -0.3 is 9.16 Å². The predicted molar refractivity (Wildman–Crippen MR) is 84.1 cm³/mol. The molecule has 20 heavy (non-hydrogen) atoms. The zero-order valence-corrected chi connectivity index (χ0v) is 13.6. The standard InChI is InChI=1S/C16H24O3Si/c1-4-19-20(13-15-9-6-5-7-10-15)12-8-11-18-16(17)14(2)3/h5-7,9-10,20H,2,4,8,11-13H2,1,3H3. The molecule has 0 aliphatic carbocycles. The van der Waals surface area contributed by atoms with Gasteiger partial charge in [-0.15, -0.1) is 0 Å². The van der Waals surface area contributed by atoms with Crippen molar-refractivity contribution in [1.29, 1.82) is 0 Å². The first-order chi connectivity index (χ1) is 9.63. The zero-order valence-electron chi connectivity index (χ0n) is 12.4. The monoisotopic (exact) mass is 292 g/mol. The van der Waals surface area contributed by atoms with Gasteiger partial charge in [-0.2, -0.15) is 0 Å². The number of rotatable bonds is 9. The summed E-state index contributed by atoms with van der Waals surface area (Å²) >= 11 is 0. The number of carbonyl (C=O) groups excluding carboxylic acids is 1. The maximum atomic E-state index is 11.3. The fourth-order valence-corrected chi connectivity index (χ4v) is 4.34. The molecule has 0 fully saturated rings. The largest absolute Gasteiger partial charge is 0.462 e. The van der Waals surface area contributed by atoms with Crippen LogP contribution in [0.15, 0.2) is 42.5 Å². The molecular formula is C16H24O3Si. The normalized spacial score (nSPS) is 11.9. The lowest BCUT2D eigenvalue weighted by molar-refractivity contribution is -0.138. The van der Waals surface area contributed by atoms with Crippen molar-refractivity contribution in [2.75, 3.05) is 13.2 Å². The number of carbonyl (C=O) groups is 1. The Balaban J connectivity index is 2.32. The minimum absolute atomic E-state index is 0.303. The van der Waals surface area contributed by atoms with E-state index in [4.69, 9.17) is 9.16 Å². The molecule has 0 amide bonds. The third-order valence-electron chi connectivity index (χ3n) is 2.96. The molecule has 3 nitrogen and oxygen atoms in total. The molecular weight excluding hydrogens is 268 g/mol. The lowest BCUT2D eigenvalue weighted by atomic mass is 10.2. The van der Waals surface area contributed by atoms with Crippen LogP contribution in [0.2, 0.25) is 6.04 Å². The first kappa shape index (κ1) is 16.7. The van der Waals surface area contributed by atoms with Crippen LogP contribution in [0.1, 0.15) is 25.8 Å². The van der Waals surface area contributed by atoms with Crippen molar-refractivity contribution in [2.24, 2.45) is 0 Å². The molecule has 0 spiro atoms. The van der Waals surface area contributed by atoms with Crippen LogP contribution in [0.5, 0.6) is 0 Å². The van der Waals surface area contributed by atoms with Gasteiger partial charge in [0, 0.05) is 12.2 Å². The lowest BCUT2D eigenvalue weighted by Crippen LogP contribution is -2.22. The van der Waals surface area contributed by atoms with E-state index in [1.807, 2.05) is 13.0 Å². The minimum atomic E-state index is -1.26. The van der Waals surface area contributed by atoms with Gasteiger partial charge in [0.05, 0.1) is 6.61 Å². The molecule has 1 unspecified atom stereocenters. The highest BCUT2D eigenvalue weighted by Gasteiger charge is 2.13. The second-order valence-electron chi connectivity index (χ2n) is 4.83. The fourth-order valence-electron chi connectivity index (χ4n) is 1.96. The predicted octanol–water partition coefficient (Wildman–Crippen LogP) is 3.04. The number of benzene rings is 1. The summed E-state index contributed by atoms with van der Waals surface area (Å²) in [5.41, 5.74) is 1.78. The Labute approximate surface area is 123 Å². The van der Waals surface area contributed by atoms with Crippen molar-refractivity contribution in [3.05, 3.63) is 48.0 Å². The van der Waals surface area contributed by atoms with Crippen LogP contribution in [0.4, 0.5) is 0 Å². The number of ether oxygens (including phenoxy) is 1. The van der Waals surface area contributed by atoms with E-state index in [9.17, 15) is 4.79 Å². The summed E-state index contributed by atoms with van der Waals surface area (Å²) in [6.07, 6.45) is 0.864. The number of hydrogen-bond acceptors (Lipinski definition) is 3. The van der Waals surface area contributed by atoms with Crippen LogP contribution < -0.4 is 0 Å². The zero-order chi connectivity index (χ0) is 14.8. The lowest BCUT2D eigenvalue weighted by Gasteiger charge is -2.15. The summed E-state index contributed by atoms with van der Waals surface area (Å²) < 4.78 is 11.0. The molecule has 0 saturated carbocycles. The molecule has 1 aromatic rings. The highest BCUT2D eigenvalue weighted by Crippen LogP contribution is 2.09. The number of esters is 1. The van der Waals surface area contributed by atoms with Crippen LogP contribution >= 0.6 is 0 Å². The average molecular weight is 292 g/mol. The van der Waals surface area contributed by atoms with Crippen molar-refractivity contribution in [2.45, 2.75) is 32.4 Å². The van der Waals surface area contributed by atoms with E-state index in [1.165, 1.54) is 5.56 Å². The number of hydrogen-bond donors (Lipinski definition) is 0. The van der Waals surface area contributed by atoms with Gasteiger partial charge in [0.1, 0.15) is 0 Å². The van der Waals surface area contributed by atoms with E-state index in [0.717, 1.165) is 25.1 Å². The summed E-state index contributed by atoms with van der Waals surface area (Å²) in [5.74, 6) is -0.303. The van der Waals surface area contributed by atoms with E-state index in [-0.39, 0.29) is 5.97 Å². The van der Waals surface area contributed by atoms with Gasteiger partial charge in [-0.1, -0.05) is 36.9 Å². The van der Waals surface area contributed by atoms with Gasteiger partial charge in [-0.3, -0.25) is 0 Å². The summed E-state index contributed by atoms with van der Waals surface area (Å²) in [6.45, 7) is 8.47. The van der Waals surface area contributed by atoms with Crippen molar-refractivity contribution in [1.82, 2.24) is 0 Å². The Bertz CT molecular complexity index is 417. The Morgan fingerprint density at radius 3 is 2.60 bits per heavy atom. The van der Waals surface area contributed by atoms with Gasteiger partial charge in [0.15, 0.2) is 9.04 Å². The summed E-state index contributed by atoms with van der Waals surface area (Å²) in [4.78, 5) is 11.3. The Morgan fingerprint density at radius 1 is 1.30 bits per heavy atom. The molecule has 110 valence electrons. The maximum Gasteiger partial charge on any atom is 0.333 e. The molecule has 4 heteroatoms. The third-order valence-corrected chi connectivity index (χ3v) is 5.74. The molecule has 1 aromatic carbocycles. The molecule has 0 bridgehead atoms. The van der Waals surface area contributed by atoms with E-state index in [0.29, 0.717) is 12.2 Å². The first-order valence-electron chi connectivity index (χ1n) is 7.11. The van der Waals surface area contributed by atoms with E-state index in [1.54, 1.807) is 6.92 Å². The summed E-state index contributed by atoms with van der Waals surface area (Å²) in [5, 5.41) is 0.